The molecule has 0 aromatic rings. The molecule has 2 saturated carbocycles. The van der Waals surface area contributed by atoms with Gasteiger partial charge in [-0.2, -0.15) is 0 Å². The predicted octanol–water partition coefficient (Wildman–Crippen LogP) is 2.04. The first-order valence-corrected chi connectivity index (χ1v) is 8.31. The minimum Gasteiger partial charge on any atom is -0.312 e. The second-order valence-corrected chi connectivity index (χ2v) is 6.80. The van der Waals surface area contributed by atoms with Crippen LogP contribution in [-0.4, -0.2) is 62.7 Å². The molecule has 2 rings (SSSR count). The van der Waals surface area contributed by atoms with Crippen LogP contribution < -0.4 is 5.32 Å². The van der Waals surface area contributed by atoms with Crippen molar-refractivity contribution in [2.75, 3.05) is 46.8 Å². The Morgan fingerprint density at radius 1 is 0.947 bits per heavy atom. The van der Waals surface area contributed by atoms with Crippen LogP contribution >= 0.6 is 0 Å². The molecule has 2 fully saturated rings. The standard InChI is InChI=1S/C16H33N3/c1-4-10-19(13-12-18(2)3)11-9-17-16(14-5-6-14)15-7-8-15/h14-17H,4-13H2,1-3H3. The van der Waals surface area contributed by atoms with E-state index in [4.69, 9.17) is 0 Å². The summed E-state index contributed by atoms with van der Waals surface area (Å²) in [6.07, 6.45) is 7.18. The topological polar surface area (TPSA) is 18.5 Å². The molecule has 3 heteroatoms. The van der Waals surface area contributed by atoms with E-state index in [1.54, 1.807) is 0 Å². The molecule has 0 aromatic heterocycles. The SMILES string of the molecule is CCCN(CCNC(C1CC1)C1CC1)CCN(C)C. The summed E-state index contributed by atoms with van der Waals surface area (Å²) in [4.78, 5) is 4.90. The lowest BCUT2D eigenvalue weighted by Crippen LogP contribution is -2.41. The molecule has 0 unspecified atom stereocenters. The van der Waals surface area contributed by atoms with Gasteiger partial charge in [0.05, 0.1) is 0 Å². The highest BCUT2D eigenvalue weighted by molar-refractivity contribution is 4.96. The van der Waals surface area contributed by atoms with E-state index in [9.17, 15) is 0 Å². The second kappa shape index (κ2) is 7.61. The van der Waals surface area contributed by atoms with E-state index in [2.05, 4.69) is 36.1 Å². The monoisotopic (exact) mass is 267 g/mol. The third-order valence-corrected chi connectivity index (χ3v) is 4.47. The van der Waals surface area contributed by atoms with Crippen molar-refractivity contribution in [3.63, 3.8) is 0 Å². The molecule has 0 aromatic carbocycles. The van der Waals surface area contributed by atoms with Crippen LogP contribution in [0.5, 0.6) is 0 Å². The molecule has 0 atom stereocenters. The quantitative estimate of drug-likeness (QED) is 0.618. The molecule has 112 valence electrons. The largest absolute Gasteiger partial charge is 0.312 e. The van der Waals surface area contributed by atoms with Crippen molar-refractivity contribution in [3.8, 4) is 0 Å². The van der Waals surface area contributed by atoms with Crippen LogP contribution in [0.15, 0.2) is 0 Å². The van der Waals surface area contributed by atoms with Crippen molar-refractivity contribution in [2.45, 2.75) is 45.1 Å². The van der Waals surface area contributed by atoms with E-state index in [0.29, 0.717) is 0 Å². The Morgan fingerprint density at radius 3 is 2.05 bits per heavy atom. The van der Waals surface area contributed by atoms with Gasteiger partial charge in [-0.1, -0.05) is 6.92 Å². The van der Waals surface area contributed by atoms with Crippen molar-refractivity contribution in [1.82, 2.24) is 15.1 Å². The van der Waals surface area contributed by atoms with Gasteiger partial charge in [-0.15, -0.1) is 0 Å². The van der Waals surface area contributed by atoms with E-state index in [0.717, 1.165) is 17.9 Å². The van der Waals surface area contributed by atoms with E-state index >= 15 is 0 Å². The molecular formula is C16H33N3. The molecular weight excluding hydrogens is 234 g/mol. The summed E-state index contributed by atoms with van der Waals surface area (Å²) < 4.78 is 0. The van der Waals surface area contributed by atoms with Gasteiger partial charge in [-0.05, 0) is 64.6 Å². The van der Waals surface area contributed by atoms with Crippen molar-refractivity contribution in [2.24, 2.45) is 11.8 Å². The van der Waals surface area contributed by atoms with Crippen LogP contribution in [-0.2, 0) is 0 Å². The fourth-order valence-electron chi connectivity index (χ4n) is 3.01. The Hall–Kier alpha value is -0.120. The Balaban J connectivity index is 1.62. The normalized spacial score (nSPS) is 19.9. The summed E-state index contributed by atoms with van der Waals surface area (Å²) in [5, 5.41) is 3.86. The highest BCUT2D eigenvalue weighted by atomic mass is 15.2. The minimum absolute atomic E-state index is 0.859. The molecule has 1 N–H and O–H groups in total. The summed E-state index contributed by atoms with van der Waals surface area (Å²) in [5.41, 5.74) is 0. The highest BCUT2D eigenvalue weighted by Gasteiger charge is 2.40. The summed E-state index contributed by atoms with van der Waals surface area (Å²) in [6.45, 7) is 8.32. The summed E-state index contributed by atoms with van der Waals surface area (Å²) >= 11 is 0. The Kier molecular flexibility index (Phi) is 6.11. The van der Waals surface area contributed by atoms with Gasteiger partial charge >= 0.3 is 0 Å². The van der Waals surface area contributed by atoms with E-state index in [1.165, 1.54) is 64.8 Å². The van der Waals surface area contributed by atoms with Gasteiger partial charge in [0.2, 0.25) is 0 Å². The van der Waals surface area contributed by atoms with E-state index in [1.807, 2.05) is 0 Å². The molecule has 0 amide bonds. The maximum Gasteiger partial charge on any atom is 0.0124 e. The Bertz CT molecular complexity index is 234. The molecule has 0 heterocycles. The first kappa shape index (κ1) is 15.3. The summed E-state index contributed by atoms with van der Waals surface area (Å²) in [5.74, 6) is 2.04. The molecule has 0 spiro atoms. The van der Waals surface area contributed by atoms with Gasteiger partial charge in [0.25, 0.3) is 0 Å². The van der Waals surface area contributed by atoms with Crippen LogP contribution in [0.25, 0.3) is 0 Å². The van der Waals surface area contributed by atoms with E-state index in [-0.39, 0.29) is 0 Å². The number of likely N-dealkylation sites (N-methyl/N-ethyl adjacent to an activating group) is 1. The number of rotatable bonds is 11. The third-order valence-electron chi connectivity index (χ3n) is 4.47. The van der Waals surface area contributed by atoms with Gasteiger partial charge in [0.1, 0.15) is 0 Å². The van der Waals surface area contributed by atoms with Gasteiger partial charge in [0.15, 0.2) is 0 Å². The van der Waals surface area contributed by atoms with Crippen molar-refractivity contribution < 1.29 is 0 Å². The van der Waals surface area contributed by atoms with Crippen LogP contribution in [0.3, 0.4) is 0 Å². The second-order valence-electron chi connectivity index (χ2n) is 6.80. The van der Waals surface area contributed by atoms with Gasteiger partial charge < -0.3 is 15.1 Å². The number of nitrogens with one attached hydrogen (secondary N) is 1. The molecule has 3 nitrogen and oxygen atoms in total. The summed E-state index contributed by atoms with van der Waals surface area (Å²) in [7, 11) is 4.33. The minimum atomic E-state index is 0.859. The van der Waals surface area contributed by atoms with Crippen molar-refractivity contribution >= 4 is 0 Å². The molecule has 0 bridgehead atoms. The van der Waals surface area contributed by atoms with Gasteiger partial charge in [-0.25, -0.2) is 0 Å². The lowest BCUT2D eigenvalue weighted by atomic mass is 10.1. The zero-order valence-corrected chi connectivity index (χ0v) is 13.2. The van der Waals surface area contributed by atoms with Crippen LogP contribution in [0.2, 0.25) is 0 Å². The number of hydrogen-bond donors (Lipinski definition) is 1. The van der Waals surface area contributed by atoms with E-state index < -0.39 is 0 Å². The maximum atomic E-state index is 3.86. The molecule has 2 aliphatic rings. The average molecular weight is 267 g/mol. The fourth-order valence-corrected chi connectivity index (χ4v) is 3.01. The molecule has 0 radical (unpaired) electrons. The van der Waals surface area contributed by atoms with Crippen LogP contribution in [0.4, 0.5) is 0 Å². The van der Waals surface area contributed by atoms with Crippen molar-refractivity contribution in [3.05, 3.63) is 0 Å². The molecule has 2 aliphatic carbocycles. The van der Waals surface area contributed by atoms with Gasteiger partial charge in [0, 0.05) is 32.2 Å². The first-order chi connectivity index (χ1) is 9.20. The lowest BCUT2D eigenvalue weighted by Gasteiger charge is -2.25. The zero-order valence-electron chi connectivity index (χ0n) is 13.2. The van der Waals surface area contributed by atoms with Crippen molar-refractivity contribution in [1.29, 1.82) is 0 Å². The van der Waals surface area contributed by atoms with Crippen LogP contribution in [0, 0.1) is 11.8 Å². The molecule has 19 heavy (non-hydrogen) atoms. The Morgan fingerprint density at radius 2 is 1.58 bits per heavy atom. The fraction of sp³-hybridized carbons (Fsp3) is 1.00. The summed E-state index contributed by atoms with van der Waals surface area (Å²) in [6, 6.07) is 0.859. The zero-order chi connectivity index (χ0) is 13.7. The molecule has 0 aliphatic heterocycles. The lowest BCUT2D eigenvalue weighted by molar-refractivity contribution is 0.235. The van der Waals surface area contributed by atoms with Gasteiger partial charge in [-0.3, -0.25) is 0 Å². The predicted molar refractivity (Wildman–Crippen MR) is 82.5 cm³/mol. The highest BCUT2D eigenvalue weighted by Crippen LogP contribution is 2.44. The Labute approximate surface area is 119 Å². The maximum absolute atomic E-state index is 3.86. The third kappa shape index (κ3) is 5.80. The smallest absolute Gasteiger partial charge is 0.0124 e. The average Bonchev–Trinajstić information content (AvgIpc) is 3.25. The number of nitrogens with zero attached hydrogens (tertiary/aromatic N) is 2. The van der Waals surface area contributed by atoms with Crippen LogP contribution in [0.1, 0.15) is 39.0 Å². The molecule has 0 saturated heterocycles. The number of hydrogen-bond acceptors (Lipinski definition) is 3. The first-order valence-electron chi connectivity index (χ1n) is 8.31.